The van der Waals surface area contributed by atoms with Crippen LogP contribution in [-0.4, -0.2) is 128 Å². The molecule has 0 saturated carbocycles. The molecule has 1 unspecified atom stereocenters. The number of amides is 3. The van der Waals surface area contributed by atoms with E-state index >= 15 is 4.79 Å². The molecule has 3 aromatic rings. The molecule has 272 valence electrons. The molecule has 0 radical (unpaired) electrons. The van der Waals surface area contributed by atoms with Crippen LogP contribution in [0.25, 0.3) is 0 Å². The standard InChI is InChI=1S/C36H42N4O10S/c1-37(2)34(42)29-20-25(50-23-33(41)38-16-18-49-19-17-38)22-39(29)36(27-11-7-9-13-30(27)47-4)26-10-6-8-12-28(26)40(35(36)43)51(44,45)32-15-14-24(46-3)21-31(32)48-5/h6-15,21,25,29H,16-20,22-23H2,1-5H3/t25-,29+,36?/m1/s1. The predicted octanol–water partition coefficient (Wildman–Crippen LogP) is 2.10. The summed E-state index contributed by atoms with van der Waals surface area (Å²) in [5, 5.41) is 0. The van der Waals surface area contributed by atoms with E-state index < -0.39 is 33.6 Å². The molecule has 0 spiro atoms. The van der Waals surface area contributed by atoms with Crippen molar-refractivity contribution < 1.29 is 46.5 Å². The average molecular weight is 723 g/mol. The molecule has 14 nitrogen and oxygen atoms in total. The van der Waals surface area contributed by atoms with Gasteiger partial charge in [-0.25, -0.2) is 12.7 Å². The van der Waals surface area contributed by atoms with Gasteiger partial charge in [-0.2, -0.15) is 0 Å². The Morgan fingerprint density at radius 3 is 2.24 bits per heavy atom. The van der Waals surface area contributed by atoms with E-state index in [9.17, 15) is 18.0 Å². The van der Waals surface area contributed by atoms with Crippen molar-refractivity contribution in [1.82, 2.24) is 14.7 Å². The number of benzene rings is 3. The maximum absolute atomic E-state index is 15.5. The highest BCUT2D eigenvalue weighted by molar-refractivity contribution is 7.93. The Bertz CT molecular complexity index is 1910. The maximum atomic E-state index is 15.5. The molecule has 15 heteroatoms. The molecule has 0 N–H and O–H groups in total. The molecule has 0 aromatic heterocycles. The summed E-state index contributed by atoms with van der Waals surface area (Å²) in [5.74, 6) is -0.715. The van der Waals surface area contributed by atoms with Crippen molar-refractivity contribution >= 4 is 33.4 Å². The Balaban J connectivity index is 1.52. The Labute approximate surface area is 297 Å². The number of carbonyl (C=O) groups is 3. The molecule has 3 aromatic carbocycles. The van der Waals surface area contributed by atoms with Gasteiger partial charge in [0, 0.05) is 50.9 Å². The lowest BCUT2D eigenvalue weighted by molar-refractivity contribution is -0.142. The summed E-state index contributed by atoms with van der Waals surface area (Å²) < 4.78 is 58.5. The highest BCUT2D eigenvalue weighted by atomic mass is 32.2. The van der Waals surface area contributed by atoms with Crippen LogP contribution >= 0.6 is 0 Å². The van der Waals surface area contributed by atoms with Crippen LogP contribution in [0, 0.1) is 0 Å². The predicted molar refractivity (Wildman–Crippen MR) is 185 cm³/mol. The van der Waals surface area contributed by atoms with E-state index in [1.54, 1.807) is 72.4 Å². The number of likely N-dealkylation sites (tertiary alicyclic amines) is 1. The third-order valence-electron chi connectivity index (χ3n) is 9.62. The van der Waals surface area contributed by atoms with Gasteiger partial charge in [-0.1, -0.05) is 36.4 Å². The number of anilines is 1. The molecule has 3 heterocycles. The van der Waals surface area contributed by atoms with Crippen LogP contribution in [0.1, 0.15) is 17.5 Å². The molecule has 51 heavy (non-hydrogen) atoms. The van der Waals surface area contributed by atoms with Gasteiger partial charge >= 0.3 is 0 Å². The average Bonchev–Trinajstić information content (AvgIpc) is 3.70. The first-order valence-corrected chi connectivity index (χ1v) is 17.9. The van der Waals surface area contributed by atoms with Crippen molar-refractivity contribution in [3.05, 3.63) is 77.9 Å². The molecule has 3 atom stereocenters. The Morgan fingerprint density at radius 2 is 1.57 bits per heavy atom. The van der Waals surface area contributed by atoms with Crippen molar-refractivity contribution in [3.63, 3.8) is 0 Å². The number of fused-ring (bicyclic) bond motifs is 1. The van der Waals surface area contributed by atoms with Gasteiger partial charge in [0.15, 0.2) is 5.54 Å². The number of methoxy groups -OCH3 is 3. The van der Waals surface area contributed by atoms with E-state index in [2.05, 4.69) is 0 Å². The lowest BCUT2D eigenvalue weighted by atomic mass is 9.80. The molecule has 3 amide bonds. The fourth-order valence-electron chi connectivity index (χ4n) is 7.20. The van der Waals surface area contributed by atoms with Crippen molar-refractivity contribution in [2.45, 2.75) is 29.0 Å². The minimum absolute atomic E-state index is 0.0124. The fourth-order valence-corrected chi connectivity index (χ4v) is 8.81. The van der Waals surface area contributed by atoms with Crippen molar-refractivity contribution in [3.8, 4) is 17.2 Å². The zero-order valence-electron chi connectivity index (χ0n) is 29.2. The van der Waals surface area contributed by atoms with E-state index in [0.29, 0.717) is 48.9 Å². The Kier molecular flexibility index (Phi) is 10.3. The minimum Gasteiger partial charge on any atom is -0.497 e. The summed E-state index contributed by atoms with van der Waals surface area (Å²) in [4.78, 5) is 47.2. The van der Waals surface area contributed by atoms with Gasteiger partial charge in [0.2, 0.25) is 11.8 Å². The van der Waals surface area contributed by atoms with Crippen LogP contribution in [-0.2, 0) is 39.4 Å². The van der Waals surface area contributed by atoms with E-state index in [1.165, 1.54) is 44.4 Å². The van der Waals surface area contributed by atoms with E-state index in [4.69, 9.17) is 23.7 Å². The quantitative estimate of drug-likeness (QED) is 0.287. The highest BCUT2D eigenvalue weighted by Crippen LogP contribution is 2.54. The van der Waals surface area contributed by atoms with Crippen LogP contribution in [0.4, 0.5) is 5.69 Å². The van der Waals surface area contributed by atoms with Gasteiger partial charge in [0.1, 0.15) is 28.8 Å². The second-order valence-corrected chi connectivity index (χ2v) is 14.3. The molecule has 0 aliphatic carbocycles. The SMILES string of the molecule is COc1ccc(S(=O)(=O)N2C(=O)C(c3ccccc3OC)(N3C[C@H](OCC(=O)N4CCOCC4)C[C@H]3C(=O)N(C)C)c3ccccc32)c(OC)c1. The minimum atomic E-state index is -4.65. The largest absolute Gasteiger partial charge is 0.497 e. The Morgan fingerprint density at radius 1 is 0.902 bits per heavy atom. The third-order valence-corrected chi connectivity index (χ3v) is 11.4. The number of carbonyl (C=O) groups excluding carboxylic acids is 3. The number of morpholine rings is 1. The first-order valence-electron chi connectivity index (χ1n) is 16.5. The summed E-state index contributed by atoms with van der Waals surface area (Å²) in [6.45, 7) is 1.56. The maximum Gasteiger partial charge on any atom is 0.274 e. The third kappa shape index (κ3) is 6.17. The van der Waals surface area contributed by atoms with Crippen LogP contribution in [0.3, 0.4) is 0 Å². The van der Waals surface area contributed by atoms with Gasteiger partial charge in [-0.05, 0) is 30.7 Å². The number of ether oxygens (including phenoxy) is 5. The Hall–Kier alpha value is -4.70. The van der Waals surface area contributed by atoms with Gasteiger partial charge in [0.05, 0.1) is 52.4 Å². The second kappa shape index (κ2) is 14.5. The van der Waals surface area contributed by atoms with Crippen molar-refractivity contribution in [2.75, 3.05) is 79.2 Å². The lowest BCUT2D eigenvalue weighted by Crippen LogP contribution is -2.59. The number of nitrogens with zero attached hydrogens (tertiary/aromatic N) is 4. The number of para-hydroxylation sites is 2. The molecule has 3 aliphatic heterocycles. The van der Waals surface area contributed by atoms with Crippen LogP contribution in [0.15, 0.2) is 71.6 Å². The number of hydrogen-bond acceptors (Lipinski definition) is 11. The van der Waals surface area contributed by atoms with Crippen LogP contribution in [0.2, 0.25) is 0 Å². The molecule has 2 saturated heterocycles. The van der Waals surface area contributed by atoms with E-state index in [1.807, 2.05) is 0 Å². The first kappa shape index (κ1) is 36.1. The summed E-state index contributed by atoms with van der Waals surface area (Å²) in [6.07, 6.45) is -0.526. The number of rotatable bonds is 11. The summed E-state index contributed by atoms with van der Waals surface area (Å²) in [6, 6.07) is 16.7. The van der Waals surface area contributed by atoms with Gasteiger partial charge in [-0.3, -0.25) is 19.3 Å². The molecule has 0 bridgehead atoms. The van der Waals surface area contributed by atoms with Crippen LogP contribution in [0.5, 0.6) is 17.2 Å². The van der Waals surface area contributed by atoms with Crippen molar-refractivity contribution in [1.29, 1.82) is 0 Å². The monoisotopic (exact) mass is 722 g/mol. The van der Waals surface area contributed by atoms with Crippen LogP contribution < -0.4 is 18.5 Å². The molecule has 3 aliphatic rings. The fraction of sp³-hybridized carbons (Fsp3) is 0.417. The lowest BCUT2D eigenvalue weighted by Gasteiger charge is -2.42. The highest BCUT2D eigenvalue weighted by Gasteiger charge is 2.64. The number of likely N-dealkylation sites (N-methyl/N-ethyl adjacent to an activating group) is 1. The normalized spacial score (nSPS) is 22.1. The molecule has 6 rings (SSSR count). The summed E-state index contributed by atoms with van der Waals surface area (Å²) in [7, 11) is 2.82. The molecule has 2 fully saturated rings. The molecular formula is C36H42N4O10S. The number of hydrogen-bond donors (Lipinski definition) is 0. The van der Waals surface area contributed by atoms with Gasteiger partial charge in [0.25, 0.3) is 15.9 Å². The zero-order valence-corrected chi connectivity index (χ0v) is 30.1. The summed E-state index contributed by atoms with van der Waals surface area (Å²) >= 11 is 0. The van der Waals surface area contributed by atoms with E-state index in [-0.39, 0.29) is 47.7 Å². The summed E-state index contributed by atoms with van der Waals surface area (Å²) in [5.41, 5.74) is -1.11. The molecular weight excluding hydrogens is 680 g/mol. The number of sulfonamides is 1. The zero-order chi connectivity index (χ0) is 36.5. The second-order valence-electron chi connectivity index (χ2n) is 12.6. The van der Waals surface area contributed by atoms with Crippen molar-refractivity contribution in [2.24, 2.45) is 0 Å². The van der Waals surface area contributed by atoms with Gasteiger partial charge in [-0.15, -0.1) is 0 Å². The van der Waals surface area contributed by atoms with E-state index in [0.717, 1.165) is 4.31 Å². The topological polar surface area (TPSA) is 144 Å². The smallest absolute Gasteiger partial charge is 0.274 e. The first-order chi connectivity index (χ1) is 24.5. The van der Waals surface area contributed by atoms with Gasteiger partial charge < -0.3 is 33.5 Å².